The molecule has 0 radical (unpaired) electrons. The van der Waals surface area contributed by atoms with Gasteiger partial charge in [0, 0.05) is 42.3 Å². The SMILES string of the molecule is O=C(Nc1cccnc1-n1cccn1)C1CCCN(C(=O)c2ccc(Cl)cc2)C1. The number of halogens is 1. The maximum atomic E-state index is 12.9. The van der Waals surface area contributed by atoms with Crippen LogP contribution in [0.5, 0.6) is 0 Å². The Morgan fingerprint density at radius 3 is 2.69 bits per heavy atom. The van der Waals surface area contributed by atoms with Gasteiger partial charge in [0.05, 0.1) is 11.6 Å². The van der Waals surface area contributed by atoms with Crippen LogP contribution in [-0.4, -0.2) is 44.6 Å². The molecule has 0 bridgehead atoms. The minimum atomic E-state index is -0.286. The molecule has 8 heteroatoms. The molecule has 1 N–H and O–H groups in total. The van der Waals surface area contributed by atoms with Crippen LogP contribution in [0.15, 0.2) is 61.1 Å². The van der Waals surface area contributed by atoms with E-state index in [9.17, 15) is 9.59 Å². The van der Waals surface area contributed by atoms with Crippen molar-refractivity contribution in [1.82, 2.24) is 19.7 Å². The Balaban J connectivity index is 1.46. The molecule has 1 fully saturated rings. The number of rotatable bonds is 4. The molecule has 1 aliphatic heterocycles. The van der Waals surface area contributed by atoms with Gasteiger partial charge in [0.25, 0.3) is 5.91 Å². The molecule has 3 aromatic rings. The van der Waals surface area contributed by atoms with Crippen molar-refractivity contribution >= 4 is 29.1 Å². The maximum absolute atomic E-state index is 12.9. The van der Waals surface area contributed by atoms with Gasteiger partial charge in [0.2, 0.25) is 5.91 Å². The third-order valence-electron chi connectivity index (χ3n) is 4.94. The molecular weight excluding hydrogens is 390 g/mol. The average Bonchev–Trinajstić information content (AvgIpc) is 3.29. The van der Waals surface area contributed by atoms with Gasteiger partial charge in [-0.3, -0.25) is 9.59 Å². The van der Waals surface area contributed by atoms with Crippen molar-refractivity contribution in [3.8, 4) is 5.82 Å². The fourth-order valence-corrected chi connectivity index (χ4v) is 3.58. The van der Waals surface area contributed by atoms with Crippen molar-refractivity contribution in [1.29, 1.82) is 0 Å². The summed E-state index contributed by atoms with van der Waals surface area (Å²) in [6, 6.07) is 12.2. The summed E-state index contributed by atoms with van der Waals surface area (Å²) in [7, 11) is 0. The van der Waals surface area contributed by atoms with Crippen LogP contribution in [0.4, 0.5) is 5.69 Å². The Labute approximate surface area is 173 Å². The van der Waals surface area contributed by atoms with Crippen LogP contribution in [0.3, 0.4) is 0 Å². The highest BCUT2D eigenvalue weighted by Gasteiger charge is 2.29. The number of carbonyl (C=O) groups is 2. The van der Waals surface area contributed by atoms with E-state index in [1.165, 1.54) is 0 Å². The second kappa shape index (κ2) is 8.45. The summed E-state index contributed by atoms with van der Waals surface area (Å²) < 4.78 is 1.60. The van der Waals surface area contributed by atoms with Gasteiger partial charge in [-0.15, -0.1) is 0 Å². The van der Waals surface area contributed by atoms with Crippen molar-refractivity contribution in [2.24, 2.45) is 5.92 Å². The number of hydrogen-bond acceptors (Lipinski definition) is 4. The van der Waals surface area contributed by atoms with E-state index in [0.717, 1.165) is 12.8 Å². The molecule has 1 unspecified atom stereocenters. The van der Waals surface area contributed by atoms with Gasteiger partial charge >= 0.3 is 0 Å². The minimum Gasteiger partial charge on any atom is -0.338 e. The predicted octanol–water partition coefficient (Wildman–Crippen LogP) is 3.41. The van der Waals surface area contributed by atoms with E-state index in [1.54, 1.807) is 70.6 Å². The summed E-state index contributed by atoms with van der Waals surface area (Å²) in [5.41, 5.74) is 1.16. The van der Waals surface area contributed by atoms with Crippen molar-refractivity contribution in [2.75, 3.05) is 18.4 Å². The number of likely N-dealkylation sites (tertiary alicyclic amines) is 1. The number of carbonyl (C=O) groups excluding carboxylic acids is 2. The van der Waals surface area contributed by atoms with Gasteiger partial charge in [0.1, 0.15) is 0 Å². The molecule has 1 aromatic carbocycles. The molecule has 2 amide bonds. The molecule has 0 saturated carbocycles. The number of nitrogens with one attached hydrogen (secondary N) is 1. The Morgan fingerprint density at radius 1 is 1.10 bits per heavy atom. The molecule has 0 spiro atoms. The Kier molecular flexibility index (Phi) is 5.57. The standard InChI is InChI=1S/C21H20ClN5O2/c22-17-8-6-15(7-9-17)21(29)26-12-2-4-16(14-26)20(28)25-18-5-1-10-23-19(18)27-13-3-11-24-27/h1,3,5-11,13,16H,2,4,12,14H2,(H,25,28). The van der Waals surface area contributed by atoms with E-state index in [1.807, 2.05) is 0 Å². The molecular formula is C21H20ClN5O2. The van der Waals surface area contributed by atoms with Crippen LogP contribution < -0.4 is 5.32 Å². The van der Waals surface area contributed by atoms with E-state index in [4.69, 9.17) is 11.6 Å². The van der Waals surface area contributed by atoms with Crippen molar-refractivity contribution in [3.05, 3.63) is 71.6 Å². The summed E-state index contributed by atoms with van der Waals surface area (Å²) in [5.74, 6) is 0.0548. The molecule has 0 aliphatic carbocycles. The zero-order valence-electron chi connectivity index (χ0n) is 15.7. The number of nitrogens with zero attached hydrogens (tertiary/aromatic N) is 4. The summed E-state index contributed by atoms with van der Waals surface area (Å²) in [5, 5.41) is 7.73. The molecule has 1 saturated heterocycles. The van der Waals surface area contributed by atoms with Gasteiger partial charge in [0.15, 0.2) is 5.82 Å². The van der Waals surface area contributed by atoms with Crippen LogP contribution >= 0.6 is 11.6 Å². The molecule has 7 nitrogen and oxygen atoms in total. The molecule has 3 heterocycles. The predicted molar refractivity (Wildman–Crippen MR) is 110 cm³/mol. The first-order valence-electron chi connectivity index (χ1n) is 9.42. The van der Waals surface area contributed by atoms with Gasteiger partial charge in [-0.2, -0.15) is 5.10 Å². The van der Waals surface area contributed by atoms with Gasteiger partial charge in [-0.25, -0.2) is 9.67 Å². The lowest BCUT2D eigenvalue weighted by Crippen LogP contribution is -2.43. The minimum absolute atomic E-state index is 0.0854. The Hall–Kier alpha value is -3.19. The molecule has 29 heavy (non-hydrogen) atoms. The third-order valence-corrected chi connectivity index (χ3v) is 5.19. The van der Waals surface area contributed by atoms with Crippen LogP contribution in [0.25, 0.3) is 5.82 Å². The summed E-state index contributed by atoms with van der Waals surface area (Å²) in [4.78, 5) is 31.7. The quantitative estimate of drug-likeness (QED) is 0.716. The number of amides is 2. The van der Waals surface area contributed by atoms with Gasteiger partial charge < -0.3 is 10.2 Å². The third kappa shape index (κ3) is 4.30. The van der Waals surface area contributed by atoms with E-state index in [-0.39, 0.29) is 17.7 Å². The molecule has 148 valence electrons. The fraction of sp³-hybridized carbons (Fsp3) is 0.238. The zero-order chi connectivity index (χ0) is 20.2. The first-order chi connectivity index (χ1) is 14.1. The lowest BCUT2D eigenvalue weighted by atomic mass is 9.96. The van der Waals surface area contributed by atoms with E-state index in [2.05, 4.69) is 15.4 Å². The highest BCUT2D eigenvalue weighted by atomic mass is 35.5. The first kappa shape index (κ1) is 19.1. The second-order valence-corrected chi connectivity index (χ2v) is 7.35. The number of pyridine rings is 1. The monoisotopic (exact) mass is 409 g/mol. The summed E-state index contributed by atoms with van der Waals surface area (Å²) >= 11 is 5.90. The normalized spacial score (nSPS) is 16.4. The molecule has 2 aromatic heterocycles. The van der Waals surface area contributed by atoms with E-state index in [0.29, 0.717) is 35.2 Å². The van der Waals surface area contributed by atoms with Gasteiger partial charge in [-0.1, -0.05) is 11.6 Å². The maximum Gasteiger partial charge on any atom is 0.253 e. The number of anilines is 1. The number of hydrogen-bond donors (Lipinski definition) is 1. The Morgan fingerprint density at radius 2 is 1.93 bits per heavy atom. The van der Waals surface area contributed by atoms with Crippen LogP contribution in [0, 0.1) is 5.92 Å². The molecule has 1 atom stereocenters. The zero-order valence-corrected chi connectivity index (χ0v) is 16.4. The lowest BCUT2D eigenvalue weighted by molar-refractivity contribution is -0.121. The fourth-order valence-electron chi connectivity index (χ4n) is 3.46. The van der Waals surface area contributed by atoms with Crippen molar-refractivity contribution in [2.45, 2.75) is 12.8 Å². The Bertz CT molecular complexity index is 1000. The van der Waals surface area contributed by atoms with Crippen LogP contribution in [0.2, 0.25) is 5.02 Å². The molecule has 1 aliphatic rings. The highest BCUT2D eigenvalue weighted by Crippen LogP contribution is 2.23. The topological polar surface area (TPSA) is 80.1 Å². The smallest absolute Gasteiger partial charge is 0.253 e. The van der Waals surface area contributed by atoms with E-state index < -0.39 is 0 Å². The van der Waals surface area contributed by atoms with Crippen LogP contribution in [0.1, 0.15) is 23.2 Å². The van der Waals surface area contributed by atoms with E-state index >= 15 is 0 Å². The van der Waals surface area contributed by atoms with Crippen molar-refractivity contribution in [3.63, 3.8) is 0 Å². The summed E-state index contributed by atoms with van der Waals surface area (Å²) in [6.45, 7) is 1.02. The average molecular weight is 410 g/mol. The lowest BCUT2D eigenvalue weighted by Gasteiger charge is -2.32. The first-order valence-corrected chi connectivity index (χ1v) is 9.80. The number of piperidine rings is 1. The second-order valence-electron chi connectivity index (χ2n) is 6.91. The van der Waals surface area contributed by atoms with Crippen molar-refractivity contribution < 1.29 is 9.59 Å². The summed E-state index contributed by atoms with van der Waals surface area (Å²) in [6.07, 6.45) is 6.58. The van der Waals surface area contributed by atoms with Crippen LogP contribution in [-0.2, 0) is 4.79 Å². The largest absolute Gasteiger partial charge is 0.338 e. The van der Waals surface area contributed by atoms with Gasteiger partial charge in [-0.05, 0) is 55.3 Å². The number of benzene rings is 1. The number of aromatic nitrogens is 3. The highest BCUT2D eigenvalue weighted by molar-refractivity contribution is 6.30. The molecule has 4 rings (SSSR count).